The van der Waals surface area contributed by atoms with Crippen molar-refractivity contribution < 1.29 is 0 Å². The van der Waals surface area contributed by atoms with E-state index in [-0.39, 0.29) is 0 Å². The third-order valence-corrected chi connectivity index (χ3v) is 2.15. The molecule has 1 unspecified atom stereocenters. The second-order valence-corrected chi connectivity index (χ2v) is 3.33. The molecule has 0 aliphatic carbocycles. The maximum absolute atomic E-state index is 3.47. The normalized spacial score (nSPS) is 14.9. The van der Waals surface area contributed by atoms with Crippen molar-refractivity contribution in [2.75, 3.05) is 5.33 Å². The van der Waals surface area contributed by atoms with Gasteiger partial charge in [0.2, 0.25) is 0 Å². The smallest absolute Gasteiger partial charge is 0.0323 e. The molecule has 0 saturated carbocycles. The highest BCUT2D eigenvalue weighted by molar-refractivity contribution is 9.09. The molecule has 0 fully saturated rings. The van der Waals surface area contributed by atoms with Crippen molar-refractivity contribution in [3.8, 4) is 0 Å². The Bertz CT molecular complexity index is 68.9. The molecule has 0 radical (unpaired) electrons. The summed E-state index contributed by atoms with van der Waals surface area (Å²) in [7, 11) is 0. The number of halogens is 2. The quantitative estimate of drug-likeness (QED) is 0.526. The number of rotatable bonds is 3. The summed E-state index contributed by atoms with van der Waals surface area (Å²) in [6.45, 7) is 2.15. The fraction of sp³-hybridized carbons (Fsp3) is 0.667. The van der Waals surface area contributed by atoms with Crippen LogP contribution in [0.15, 0.2) is 12.2 Å². The monoisotopic (exact) mass is 240 g/mol. The van der Waals surface area contributed by atoms with E-state index in [0.29, 0.717) is 4.83 Å². The first kappa shape index (κ1) is 8.70. The molecule has 0 aromatic rings. The number of alkyl halides is 2. The molecule has 1 atom stereocenters. The number of hydrogen-bond donors (Lipinski definition) is 0. The lowest BCUT2D eigenvalue weighted by molar-refractivity contribution is 0.990. The summed E-state index contributed by atoms with van der Waals surface area (Å²) < 4.78 is 0. The fourth-order valence-corrected chi connectivity index (χ4v) is 0.767. The first-order valence-corrected chi connectivity index (χ1v) is 4.71. The van der Waals surface area contributed by atoms with Crippen LogP contribution < -0.4 is 0 Å². The molecule has 0 aromatic heterocycles. The standard InChI is InChI=1S/C6H10Br2/c1-2-6(8)4-3-5-7/h3-4,6H,2,5H2,1H3/b4-3+. The van der Waals surface area contributed by atoms with Crippen molar-refractivity contribution in [2.24, 2.45) is 0 Å². The van der Waals surface area contributed by atoms with Crippen LogP contribution in [0.25, 0.3) is 0 Å². The molecule has 0 nitrogen and oxygen atoms in total. The summed E-state index contributed by atoms with van der Waals surface area (Å²) in [4.78, 5) is 0.556. The minimum Gasteiger partial charge on any atom is -0.0883 e. The Morgan fingerprint density at radius 2 is 2.25 bits per heavy atom. The van der Waals surface area contributed by atoms with E-state index in [0.717, 1.165) is 11.8 Å². The molecule has 0 amide bonds. The van der Waals surface area contributed by atoms with Crippen LogP contribution in [0.5, 0.6) is 0 Å². The van der Waals surface area contributed by atoms with Crippen molar-refractivity contribution in [2.45, 2.75) is 18.2 Å². The summed E-state index contributed by atoms with van der Waals surface area (Å²) >= 11 is 6.77. The first-order valence-electron chi connectivity index (χ1n) is 2.68. The van der Waals surface area contributed by atoms with Crippen LogP contribution in [-0.2, 0) is 0 Å². The van der Waals surface area contributed by atoms with Crippen LogP contribution >= 0.6 is 31.9 Å². The van der Waals surface area contributed by atoms with Gasteiger partial charge in [0.1, 0.15) is 0 Å². The van der Waals surface area contributed by atoms with E-state index in [9.17, 15) is 0 Å². The molecule has 0 saturated heterocycles. The third kappa shape index (κ3) is 4.85. The summed E-state index contributed by atoms with van der Waals surface area (Å²) in [5.41, 5.74) is 0. The average Bonchev–Trinajstić information content (AvgIpc) is 1.83. The molecular formula is C6H10Br2. The number of allylic oxidation sites excluding steroid dienone is 2. The molecule has 0 bridgehead atoms. The van der Waals surface area contributed by atoms with Crippen LogP contribution in [-0.4, -0.2) is 10.2 Å². The molecule has 48 valence electrons. The largest absolute Gasteiger partial charge is 0.0883 e. The molecule has 0 aliphatic heterocycles. The van der Waals surface area contributed by atoms with Crippen LogP contribution in [0, 0.1) is 0 Å². The lowest BCUT2D eigenvalue weighted by Gasteiger charge is -1.94. The van der Waals surface area contributed by atoms with Crippen molar-refractivity contribution >= 4 is 31.9 Å². The molecule has 0 spiro atoms. The van der Waals surface area contributed by atoms with Gasteiger partial charge in [-0.1, -0.05) is 50.9 Å². The zero-order valence-corrected chi connectivity index (χ0v) is 8.07. The lowest BCUT2D eigenvalue weighted by atomic mass is 10.3. The molecule has 0 aromatic carbocycles. The Morgan fingerprint density at radius 3 is 2.62 bits per heavy atom. The lowest BCUT2D eigenvalue weighted by Crippen LogP contribution is -1.86. The van der Waals surface area contributed by atoms with E-state index in [4.69, 9.17) is 0 Å². The topological polar surface area (TPSA) is 0 Å². The predicted molar refractivity (Wildman–Crippen MR) is 45.9 cm³/mol. The van der Waals surface area contributed by atoms with Gasteiger partial charge in [-0.2, -0.15) is 0 Å². The molecule has 2 heteroatoms. The highest BCUT2D eigenvalue weighted by atomic mass is 79.9. The Labute approximate surface area is 67.6 Å². The van der Waals surface area contributed by atoms with Gasteiger partial charge in [0.15, 0.2) is 0 Å². The molecular weight excluding hydrogens is 232 g/mol. The number of hydrogen-bond acceptors (Lipinski definition) is 0. The minimum atomic E-state index is 0.556. The molecule has 0 heterocycles. The maximum Gasteiger partial charge on any atom is 0.0323 e. The third-order valence-electron chi connectivity index (χ3n) is 0.824. The van der Waals surface area contributed by atoms with Crippen LogP contribution in [0.1, 0.15) is 13.3 Å². The van der Waals surface area contributed by atoms with Gasteiger partial charge in [0.25, 0.3) is 0 Å². The predicted octanol–water partition coefficient (Wildman–Crippen LogP) is 3.11. The Balaban J connectivity index is 3.21. The van der Waals surface area contributed by atoms with Gasteiger partial charge < -0.3 is 0 Å². The highest BCUT2D eigenvalue weighted by Crippen LogP contribution is 2.05. The zero-order chi connectivity index (χ0) is 6.41. The van der Waals surface area contributed by atoms with E-state index >= 15 is 0 Å². The molecule has 0 rings (SSSR count). The second-order valence-electron chi connectivity index (χ2n) is 1.51. The Morgan fingerprint density at radius 1 is 1.62 bits per heavy atom. The van der Waals surface area contributed by atoms with Crippen molar-refractivity contribution in [3.63, 3.8) is 0 Å². The van der Waals surface area contributed by atoms with Gasteiger partial charge in [0.05, 0.1) is 0 Å². The van der Waals surface area contributed by atoms with Crippen molar-refractivity contribution in [1.82, 2.24) is 0 Å². The zero-order valence-electron chi connectivity index (χ0n) is 4.90. The van der Waals surface area contributed by atoms with E-state index in [1.807, 2.05) is 0 Å². The van der Waals surface area contributed by atoms with Crippen LogP contribution in [0.4, 0.5) is 0 Å². The SMILES string of the molecule is CCC(Br)/C=C/CBr. The second kappa shape index (κ2) is 5.83. The highest BCUT2D eigenvalue weighted by Gasteiger charge is 1.89. The van der Waals surface area contributed by atoms with Crippen LogP contribution in [0.3, 0.4) is 0 Å². The molecule has 8 heavy (non-hydrogen) atoms. The molecule has 0 aliphatic rings. The van der Waals surface area contributed by atoms with Gasteiger partial charge in [-0.25, -0.2) is 0 Å². The van der Waals surface area contributed by atoms with Gasteiger partial charge in [-0.15, -0.1) is 0 Å². The Kier molecular flexibility index (Phi) is 6.34. The van der Waals surface area contributed by atoms with Gasteiger partial charge >= 0.3 is 0 Å². The van der Waals surface area contributed by atoms with Crippen molar-refractivity contribution in [3.05, 3.63) is 12.2 Å². The summed E-state index contributed by atoms with van der Waals surface area (Å²) in [5, 5.41) is 0.953. The van der Waals surface area contributed by atoms with E-state index in [1.165, 1.54) is 0 Å². The van der Waals surface area contributed by atoms with Crippen molar-refractivity contribution in [1.29, 1.82) is 0 Å². The van der Waals surface area contributed by atoms with E-state index in [1.54, 1.807) is 0 Å². The van der Waals surface area contributed by atoms with Gasteiger partial charge in [-0.3, -0.25) is 0 Å². The summed E-state index contributed by atoms with van der Waals surface area (Å²) in [6, 6.07) is 0. The van der Waals surface area contributed by atoms with Gasteiger partial charge in [0, 0.05) is 10.2 Å². The maximum atomic E-state index is 3.47. The summed E-state index contributed by atoms with van der Waals surface area (Å²) in [6.07, 6.45) is 5.40. The summed E-state index contributed by atoms with van der Waals surface area (Å²) in [5.74, 6) is 0. The van der Waals surface area contributed by atoms with Gasteiger partial charge in [-0.05, 0) is 6.42 Å². The Hall–Kier alpha value is 0.700. The fourth-order valence-electron chi connectivity index (χ4n) is 0.335. The first-order chi connectivity index (χ1) is 3.81. The van der Waals surface area contributed by atoms with E-state index in [2.05, 4.69) is 50.9 Å². The minimum absolute atomic E-state index is 0.556. The van der Waals surface area contributed by atoms with Crippen LogP contribution in [0.2, 0.25) is 0 Å². The van der Waals surface area contributed by atoms with E-state index < -0.39 is 0 Å². The average molecular weight is 242 g/mol. The molecule has 0 N–H and O–H groups in total.